The number of carbonyl (C=O) groups is 1. The van der Waals surface area contributed by atoms with Crippen molar-refractivity contribution < 1.29 is 14.6 Å². The molecule has 2 rings (SSSR count). The van der Waals surface area contributed by atoms with Crippen molar-refractivity contribution in [2.45, 2.75) is 45.1 Å². The Bertz CT molecular complexity index is 424. The number of carboxylic acid groups (broad SMARTS) is 1. The van der Waals surface area contributed by atoms with Crippen LogP contribution in [0.4, 0.5) is 0 Å². The molecule has 1 aliphatic rings. The molecule has 0 spiro atoms. The molecule has 2 atom stereocenters. The summed E-state index contributed by atoms with van der Waals surface area (Å²) in [4.78, 5) is 11.6. The highest BCUT2D eigenvalue weighted by Gasteiger charge is 2.44. The molecule has 98 valence electrons. The molecular weight excluding hydrogens is 228 g/mol. The summed E-state index contributed by atoms with van der Waals surface area (Å²) in [6, 6.07) is 7.58. The van der Waals surface area contributed by atoms with Gasteiger partial charge in [-0.25, -0.2) is 4.79 Å². The van der Waals surface area contributed by atoms with Crippen LogP contribution in [0, 0.1) is 12.8 Å². The van der Waals surface area contributed by atoms with E-state index in [4.69, 9.17) is 4.74 Å². The minimum atomic E-state index is -1.03. The second kappa shape index (κ2) is 5.01. The smallest absolute Gasteiger partial charge is 0.348 e. The molecule has 0 bridgehead atoms. The molecule has 1 saturated carbocycles. The summed E-state index contributed by atoms with van der Waals surface area (Å²) in [6.45, 7) is 4.09. The standard InChI is InChI=1S/C15H20O3/c1-11-5-7-13(8-6-11)18-15(14(16)17)9-3-4-12(2)10-15/h5-8,12H,3-4,9-10H2,1-2H3,(H,16,17). The van der Waals surface area contributed by atoms with Crippen molar-refractivity contribution >= 4 is 5.97 Å². The molecule has 1 aromatic rings. The van der Waals surface area contributed by atoms with Crippen molar-refractivity contribution in [3.63, 3.8) is 0 Å². The summed E-state index contributed by atoms with van der Waals surface area (Å²) >= 11 is 0. The van der Waals surface area contributed by atoms with E-state index in [-0.39, 0.29) is 0 Å². The second-order valence-corrected chi connectivity index (χ2v) is 5.42. The van der Waals surface area contributed by atoms with Crippen LogP contribution in [0.1, 0.15) is 38.2 Å². The predicted octanol–water partition coefficient (Wildman–Crippen LogP) is 3.41. The van der Waals surface area contributed by atoms with Crippen molar-refractivity contribution in [2.24, 2.45) is 5.92 Å². The molecule has 0 aliphatic heterocycles. The average molecular weight is 248 g/mol. The van der Waals surface area contributed by atoms with Gasteiger partial charge in [-0.15, -0.1) is 0 Å². The van der Waals surface area contributed by atoms with Crippen molar-refractivity contribution in [1.29, 1.82) is 0 Å². The van der Waals surface area contributed by atoms with Crippen molar-refractivity contribution in [3.05, 3.63) is 29.8 Å². The molecule has 0 aromatic heterocycles. The van der Waals surface area contributed by atoms with Crippen LogP contribution < -0.4 is 4.74 Å². The monoisotopic (exact) mass is 248 g/mol. The topological polar surface area (TPSA) is 46.5 Å². The Morgan fingerprint density at radius 2 is 2.06 bits per heavy atom. The van der Waals surface area contributed by atoms with Crippen molar-refractivity contribution in [3.8, 4) is 5.75 Å². The summed E-state index contributed by atoms with van der Waals surface area (Å²) < 4.78 is 5.83. The second-order valence-electron chi connectivity index (χ2n) is 5.42. The Morgan fingerprint density at radius 1 is 1.39 bits per heavy atom. The minimum absolute atomic E-state index is 0.403. The van der Waals surface area contributed by atoms with E-state index in [9.17, 15) is 9.90 Å². The Balaban J connectivity index is 2.20. The van der Waals surface area contributed by atoms with Gasteiger partial charge in [-0.3, -0.25) is 0 Å². The highest BCUT2D eigenvalue weighted by Crippen LogP contribution is 2.36. The fourth-order valence-corrected chi connectivity index (χ4v) is 2.67. The molecule has 1 aliphatic carbocycles. The van der Waals surface area contributed by atoms with E-state index in [1.807, 2.05) is 31.2 Å². The van der Waals surface area contributed by atoms with Gasteiger partial charge < -0.3 is 9.84 Å². The Morgan fingerprint density at radius 3 is 2.61 bits per heavy atom. The number of aliphatic carboxylic acids is 1. The molecule has 18 heavy (non-hydrogen) atoms. The molecule has 1 aromatic carbocycles. The first-order valence-electron chi connectivity index (χ1n) is 6.51. The zero-order chi connectivity index (χ0) is 13.2. The van der Waals surface area contributed by atoms with Crippen LogP contribution in [0.25, 0.3) is 0 Å². The van der Waals surface area contributed by atoms with Gasteiger partial charge >= 0.3 is 5.97 Å². The van der Waals surface area contributed by atoms with Gasteiger partial charge in [0.1, 0.15) is 5.75 Å². The number of hydrogen-bond donors (Lipinski definition) is 1. The quantitative estimate of drug-likeness (QED) is 0.891. The maximum atomic E-state index is 11.6. The van der Waals surface area contributed by atoms with Crippen molar-refractivity contribution in [1.82, 2.24) is 0 Å². The summed E-state index contributed by atoms with van der Waals surface area (Å²) in [5, 5.41) is 9.50. The Hall–Kier alpha value is -1.51. The van der Waals surface area contributed by atoms with Gasteiger partial charge in [-0.1, -0.05) is 31.0 Å². The lowest BCUT2D eigenvalue weighted by Crippen LogP contribution is -2.48. The van der Waals surface area contributed by atoms with Gasteiger partial charge in [0.05, 0.1) is 0 Å². The number of aryl methyl sites for hydroxylation is 1. The summed E-state index contributed by atoms with van der Waals surface area (Å²) in [7, 11) is 0. The van der Waals surface area contributed by atoms with Crippen LogP contribution in [-0.4, -0.2) is 16.7 Å². The van der Waals surface area contributed by atoms with E-state index in [2.05, 4.69) is 6.92 Å². The van der Waals surface area contributed by atoms with E-state index in [1.54, 1.807) is 0 Å². The highest BCUT2D eigenvalue weighted by atomic mass is 16.5. The molecule has 2 unspecified atom stereocenters. The van der Waals surface area contributed by atoms with Crippen molar-refractivity contribution in [2.75, 3.05) is 0 Å². The zero-order valence-electron chi connectivity index (χ0n) is 11.0. The fourth-order valence-electron chi connectivity index (χ4n) is 2.67. The molecule has 3 nitrogen and oxygen atoms in total. The van der Waals surface area contributed by atoms with Crippen LogP contribution in [-0.2, 0) is 4.79 Å². The lowest BCUT2D eigenvalue weighted by Gasteiger charge is -2.36. The van der Waals surface area contributed by atoms with Crippen LogP contribution in [0.5, 0.6) is 5.75 Å². The van der Waals surface area contributed by atoms with Gasteiger partial charge in [-0.05, 0) is 37.8 Å². The van der Waals surface area contributed by atoms with Gasteiger partial charge in [0, 0.05) is 6.42 Å². The largest absolute Gasteiger partial charge is 0.478 e. The van der Waals surface area contributed by atoms with Crippen LogP contribution in [0.3, 0.4) is 0 Å². The maximum Gasteiger partial charge on any atom is 0.348 e. The third-order valence-electron chi connectivity index (χ3n) is 3.68. The molecule has 1 N–H and O–H groups in total. The lowest BCUT2D eigenvalue weighted by atomic mass is 9.78. The lowest BCUT2D eigenvalue weighted by molar-refractivity contribution is -0.159. The van der Waals surface area contributed by atoms with E-state index >= 15 is 0 Å². The normalized spacial score (nSPS) is 27.8. The molecule has 0 radical (unpaired) electrons. The van der Waals surface area contributed by atoms with E-state index in [0.29, 0.717) is 24.5 Å². The molecule has 0 heterocycles. The molecule has 3 heteroatoms. The first kappa shape index (κ1) is 12.9. The van der Waals surface area contributed by atoms with E-state index < -0.39 is 11.6 Å². The number of benzene rings is 1. The summed E-state index contributed by atoms with van der Waals surface area (Å²) in [5.41, 5.74) is 0.108. The van der Waals surface area contributed by atoms with Gasteiger partial charge in [0.15, 0.2) is 0 Å². The van der Waals surface area contributed by atoms with Gasteiger partial charge in [0.25, 0.3) is 0 Å². The van der Waals surface area contributed by atoms with Gasteiger partial charge in [0.2, 0.25) is 5.60 Å². The zero-order valence-corrected chi connectivity index (χ0v) is 11.0. The molecule has 1 fully saturated rings. The average Bonchev–Trinajstić information content (AvgIpc) is 2.32. The van der Waals surface area contributed by atoms with Crippen LogP contribution in [0.15, 0.2) is 24.3 Å². The first-order chi connectivity index (χ1) is 8.52. The third kappa shape index (κ3) is 2.66. The van der Waals surface area contributed by atoms with E-state index in [1.165, 1.54) is 0 Å². The Labute approximate surface area is 108 Å². The highest BCUT2D eigenvalue weighted by molar-refractivity contribution is 5.78. The fraction of sp³-hybridized carbons (Fsp3) is 0.533. The van der Waals surface area contributed by atoms with Crippen LogP contribution >= 0.6 is 0 Å². The number of hydrogen-bond acceptors (Lipinski definition) is 2. The Kier molecular flexibility index (Phi) is 3.60. The number of rotatable bonds is 3. The minimum Gasteiger partial charge on any atom is -0.478 e. The van der Waals surface area contributed by atoms with Gasteiger partial charge in [-0.2, -0.15) is 0 Å². The SMILES string of the molecule is Cc1ccc(OC2(C(=O)O)CCCC(C)C2)cc1. The number of carboxylic acids is 1. The van der Waals surface area contributed by atoms with Crippen LogP contribution in [0.2, 0.25) is 0 Å². The first-order valence-corrected chi connectivity index (χ1v) is 6.51. The maximum absolute atomic E-state index is 11.6. The summed E-state index contributed by atoms with van der Waals surface area (Å²) in [6.07, 6.45) is 3.20. The molecule has 0 saturated heterocycles. The van der Waals surface area contributed by atoms with E-state index in [0.717, 1.165) is 18.4 Å². The summed E-state index contributed by atoms with van der Waals surface area (Å²) in [5.74, 6) is 0.215. The number of ether oxygens (including phenoxy) is 1. The molecular formula is C15H20O3. The third-order valence-corrected chi connectivity index (χ3v) is 3.68. The molecule has 0 amide bonds. The predicted molar refractivity (Wildman–Crippen MR) is 69.8 cm³/mol.